The standard InChI is InChI=1S/C11H10N4OS/c1-7-12-13-11-15(7)14-10(17-11)8-4-3-5-9(6-8)16-2/h3-6H,1-2H3. The van der Waals surface area contributed by atoms with Gasteiger partial charge in [0.2, 0.25) is 4.96 Å². The lowest BCUT2D eigenvalue weighted by molar-refractivity contribution is 0.415. The van der Waals surface area contributed by atoms with Crippen molar-refractivity contribution in [1.29, 1.82) is 0 Å². The minimum Gasteiger partial charge on any atom is -0.497 e. The van der Waals surface area contributed by atoms with Crippen molar-refractivity contribution in [3.8, 4) is 16.3 Å². The quantitative estimate of drug-likeness (QED) is 0.695. The molecule has 86 valence electrons. The summed E-state index contributed by atoms with van der Waals surface area (Å²) < 4.78 is 6.95. The van der Waals surface area contributed by atoms with E-state index in [1.54, 1.807) is 11.6 Å². The van der Waals surface area contributed by atoms with Gasteiger partial charge < -0.3 is 4.74 Å². The third-order valence-corrected chi connectivity index (χ3v) is 3.41. The van der Waals surface area contributed by atoms with Crippen molar-refractivity contribution in [2.24, 2.45) is 0 Å². The number of ether oxygens (including phenoxy) is 1. The summed E-state index contributed by atoms with van der Waals surface area (Å²) in [6, 6.07) is 7.82. The van der Waals surface area contributed by atoms with Gasteiger partial charge in [-0.3, -0.25) is 0 Å². The Hall–Kier alpha value is -1.95. The van der Waals surface area contributed by atoms with Gasteiger partial charge in [0.1, 0.15) is 10.8 Å². The normalized spacial score (nSPS) is 10.9. The van der Waals surface area contributed by atoms with E-state index in [2.05, 4.69) is 15.3 Å². The lowest BCUT2D eigenvalue weighted by Crippen LogP contribution is -1.89. The molecule has 0 aliphatic heterocycles. The molecule has 3 aromatic rings. The number of methoxy groups -OCH3 is 1. The molecule has 0 aliphatic carbocycles. The van der Waals surface area contributed by atoms with Gasteiger partial charge in [-0.15, -0.1) is 10.2 Å². The maximum absolute atomic E-state index is 5.20. The summed E-state index contributed by atoms with van der Waals surface area (Å²) in [6.45, 7) is 1.88. The van der Waals surface area contributed by atoms with E-state index in [4.69, 9.17) is 4.74 Å². The average molecular weight is 246 g/mol. The summed E-state index contributed by atoms with van der Waals surface area (Å²) in [6.07, 6.45) is 0. The van der Waals surface area contributed by atoms with E-state index in [1.165, 1.54) is 11.3 Å². The third kappa shape index (κ3) is 1.66. The van der Waals surface area contributed by atoms with Crippen molar-refractivity contribution in [2.45, 2.75) is 6.92 Å². The number of rotatable bonds is 2. The fourth-order valence-corrected chi connectivity index (χ4v) is 2.47. The highest BCUT2D eigenvalue weighted by Gasteiger charge is 2.10. The summed E-state index contributed by atoms with van der Waals surface area (Å²) >= 11 is 1.51. The Balaban J connectivity index is 2.13. The Morgan fingerprint density at radius 1 is 1.29 bits per heavy atom. The molecule has 0 amide bonds. The van der Waals surface area contributed by atoms with Crippen LogP contribution in [0.15, 0.2) is 24.3 Å². The molecular formula is C11H10N4OS. The van der Waals surface area contributed by atoms with E-state index in [1.807, 2.05) is 31.2 Å². The van der Waals surface area contributed by atoms with Crippen LogP contribution in [0.3, 0.4) is 0 Å². The van der Waals surface area contributed by atoms with Crippen LogP contribution in [-0.4, -0.2) is 26.9 Å². The van der Waals surface area contributed by atoms with Gasteiger partial charge in [-0.2, -0.15) is 9.61 Å². The Morgan fingerprint density at radius 3 is 2.94 bits per heavy atom. The van der Waals surface area contributed by atoms with Crippen molar-refractivity contribution in [3.63, 3.8) is 0 Å². The fraction of sp³-hybridized carbons (Fsp3) is 0.182. The predicted octanol–water partition coefficient (Wildman–Crippen LogP) is 2.17. The van der Waals surface area contributed by atoms with E-state index < -0.39 is 0 Å². The highest BCUT2D eigenvalue weighted by molar-refractivity contribution is 7.19. The molecule has 2 heterocycles. The molecule has 0 saturated heterocycles. The van der Waals surface area contributed by atoms with Gasteiger partial charge in [0, 0.05) is 5.56 Å². The summed E-state index contributed by atoms with van der Waals surface area (Å²) in [5.41, 5.74) is 1.03. The molecule has 0 aliphatic rings. The molecule has 6 heteroatoms. The Morgan fingerprint density at radius 2 is 2.18 bits per heavy atom. The first-order chi connectivity index (χ1) is 8.28. The summed E-state index contributed by atoms with van der Waals surface area (Å²) in [4.78, 5) is 0.806. The Labute approximate surface area is 102 Å². The third-order valence-electron chi connectivity index (χ3n) is 2.46. The first-order valence-electron chi connectivity index (χ1n) is 5.11. The van der Waals surface area contributed by atoms with Crippen LogP contribution in [0.4, 0.5) is 0 Å². The molecule has 0 fully saturated rings. The van der Waals surface area contributed by atoms with Gasteiger partial charge in [0.15, 0.2) is 5.82 Å². The number of hydrogen-bond acceptors (Lipinski definition) is 5. The first kappa shape index (κ1) is 10.2. The van der Waals surface area contributed by atoms with Gasteiger partial charge >= 0.3 is 0 Å². The topological polar surface area (TPSA) is 52.3 Å². The molecule has 0 bridgehead atoms. The monoisotopic (exact) mass is 246 g/mol. The van der Waals surface area contributed by atoms with Crippen molar-refractivity contribution >= 4 is 16.3 Å². The van der Waals surface area contributed by atoms with Crippen molar-refractivity contribution in [1.82, 2.24) is 19.8 Å². The molecule has 0 radical (unpaired) electrons. The lowest BCUT2D eigenvalue weighted by atomic mass is 10.2. The molecule has 2 aromatic heterocycles. The minimum atomic E-state index is 0.797. The SMILES string of the molecule is COc1cccc(-c2nn3c(C)nnc3s2)c1. The smallest absolute Gasteiger partial charge is 0.234 e. The largest absolute Gasteiger partial charge is 0.497 e. The predicted molar refractivity (Wildman–Crippen MR) is 65.4 cm³/mol. The van der Waals surface area contributed by atoms with Crippen molar-refractivity contribution in [3.05, 3.63) is 30.1 Å². The molecule has 0 atom stereocenters. The number of aromatic nitrogens is 4. The highest BCUT2D eigenvalue weighted by atomic mass is 32.1. The van der Waals surface area contributed by atoms with Crippen LogP contribution in [0.25, 0.3) is 15.5 Å². The molecule has 0 N–H and O–H groups in total. The van der Waals surface area contributed by atoms with Crippen molar-refractivity contribution in [2.75, 3.05) is 7.11 Å². The highest BCUT2D eigenvalue weighted by Crippen LogP contribution is 2.27. The number of fused-ring (bicyclic) bond motifs is 1. The second-order valence-corrected chi connectivity index (χ2v) is 4.54. The van der Waals surface area contributed by atoms with Crippen LogP contribution in [0, 0.1) is 6.92 Å². The van der Waals surface area contributed by atoms with Gasteiger partial charge in [-0.1, -0.05) is 23.5 Å². The molecule has 1 aromatic carbocycles. The molecule has 3 rings (SSSR count). The maximum atomic E-state index is 5.20. The van der Waals surface area contributed by atoms with Crippen molar-refractivity contribution < 1.29 is 4.74 Å². The number of nitrogens with zero attached hydrogens (tertiary/aromatic N) is 4. The van der Waals surface area contributed by atoms with Gasteiger partial charge in [-0.05, 0) is 19.1 Å². The summed E-state index contributed by atoms with van der Waals surface area (Å²) in [5, 5.41) is 13.4. The van der Waals surface area contributed by atoms with Gasteiger partial charge in [-0.25, -0.2) is 0 Å². The summed E-state index contributed by atoms with van der Waals surface area (Å²) in [7, 11) is 1.65. The Bertz CT molecular complexity index is 673. The molecule has 17 heavy (non-hydrogen) atoms. The fourth-order valence-electron chi connectivity index (χ4n) is 1.59. The number of benzene rings is 1. The summed E-state index contributed by atoms with van der Waals surface area (Å²) in [5.74, 6) is 1.62. The number of hydrogen-bond donors (Lipinski definition) is 0. The molecule has 0 unspecified atom stereocenters. The van der Waals surface area contributed by atoms with Gasteiger partial charge in [0.05, 0.1) is 7.11 Å². The average Bonchev–Trinajstić information content (AvgIpc) is 2.92. The maximum Gasteiger partial charge on any atom is 0.234 e. The molecule has 0 spiro atoms. The van der Waals surface area contributed by atoms with E-state index in [0.717, 1.165) is 27.1 Å². The zero-order valence-corrected chi connectivity index (χ0v) is 10.2. The van der Waals surface area contributed by atoms with Crippen LogP contribution in [0.5, 0.6) is 5.75 Å². The zero-order chi connectivity index (χ0) is 11.8. The van der Waals surface area contributed by atoms with E-state index in [0.29, 0.717) is 0 Å². The first-order valence-corrected chi connectivity index (χ1v) is 5.93. The van der Waals surface area contributed by atoms with Crippen LogP contribution in [0.2, 0.25) is 0 Å². The zero-order valence-electron chi connectivity index (χ0n) is 9.41. The lowest BCUT2D eigenvalue weighted by Gasteiger charge is -2.00. The van der Waals surface area contributed by atoms with Crippen LogP contribution < -0.4 is 4.74 Å². The van der Waals surface area contributed by atoms with E-state index in [-0.39, 0.29) is 0 Å². The molecule has 0 saturated carbocycles. The van der Waals surface area contributed by atoms with E-state index >= 15 is 0 Å². The Kier molecular flexibility index (Phi) is 2.29. The molecular weight excluding hydrogens is 236 g/mol. The van der Waals surface area contributed by atoms with Crippen LogP contribution in [0.1, 0.15) is 5.82 Å². The van der Waals surface area contributed by atoms with Crippen LogP contribution in [-0.2, 0) is 0 Å². The van der Waals surface area contributed by atoms with E-state index in [9.17, 15) is 0 Å². The van der Waals surface area contributed by atoms with Crippen LogP contribution >= 0.6 is 11.3 Å². The number of aryl methyl sites for hydroxylation is 1. The second kappa shape index (κ2) is 3.81. The minimum absolute atomic E-state index is 0.797. The second-order valence-electron chi connectivity index (χ2n) is 3.58. The molecule has 5 nitrogen and oxygen atoms in total. The van der Waals surface area contributed by atoms with Gasteiger partial charge in [0.25, 0.3) is 0 Å².